The standard InChI is InChI=1S/C25H33N3O2/c1-2-20-6-8-21(9-7-20)19-28-14-11-25(12-15-28)17-22(10-16-30-25)18-27-24(29)23-5-3-4-13-26-23/h3-9,13,22H,2,10-12,14-19H2,1H3,(H,27,29). The Morgan fingerprint density at radius 2 is 1.93 bits per heavy atom. The molecule has 1 aromatic heterocycles. The highest BCUT2D eigenvalue weighted by Gasteiger charge is 2.40. The zero-order valence-electron chi connectivity index (χ0n) is 18.0. The monoisotopic (exact) mass is 407 g/mol. The van der Waals surface area contributed by atoms with Gasteiger partial charge < -0.3 is 10.1 Å². The van der Waals surface area contributed by atoms with Crippen LogP contribution in [0.1, 0.15) is 54.2 Å². The number of carbonyl (C=O) groups is 1. The molecule has 2 saturated heterocycles. The zero-order chi connectivity index (χ0) is 20.8. The topological polar surface area (TPSA) is 54.5 Å². The second-order valence-electron chi connectivity index (χ2n) is 8.76. The van der Waals surface area contributed by atoms with Gasteiger partial charge in [0.1, 0.15) is 5.69 Å². The second-order valence-corrected chi connectivity index (χ2v) is 8.76. The number of ether oxygens (including phenoxy) is 1. The van der Waals surface area contributed by atoms with Crippen molar-refractivity contribution in [2.45, 2.75) is 51.2 Å². The van der Waals surface area contributed by atoms with Crippen LogP contribution >= 0.6 is 0 Å². The van der Waals surface area contributed by atoms with E-state index in [1.165, 1.54) is 11.1 Å². The summed E-state index contributed by atoms with van der Waals surface area (Å²) in [6, 6.07) is 14.4. The third-order valence-electron chi connectivity index (χ3n) is 6.65. The van der Waals surface area contributed by atoms with Crippen LogP contribution in [0.3, 0.4) is 0 Å². The lowest BCUT2D eigenvalue weighted by Gasteiger charge is -2.46. The fourth-order valence-electron chi connectivity index (χ4n) is 4.73. The van der Waals surface area contributed by atoms with Gasteiger partial charge in [-0.15, -0.1) is 0 Å². The zero-order valence-corrected chi connectivity index (χ0v) is 18.0. The SMILES string of the molecule is CCc1ccc(CN2CCC3(CC2)CC(CNC(=O)c2ccccn2)CCO3)cc1. The second kappa shape index (κ2) is 9.71. The van der Waals surface area contributed by atoms with Crippen LogP contribution in [0.25, 0.3) is 0 Å². The summed E-state index contributed by atoms with van der Waals surface area (Å²) < 4.78 is 6.31. The summed E-state index contributed by atoms with van der Waals surface area (Å²) in [4.78, 5) is 19.0. The first-order chi connectivity index (χ1) is 14.7. The molecule has 1 spiro atoms. The van der Waals surface area contributed by atoms with Gasteiger partial charge in [-0.05, 0) is 61.3 Å². The van der Waals surface area contributed by atoms with Crippen LogP contribution in [-0.4, -0.2) is 47.6 Å². The number of amides is 1. The molecule has 5 nitrogen and oxygen atoms in total. The fourth-order valence-corrected chi connectivity index (χ4v) is 4.73. The number of carbonyl (C=O) groups excluding carboxylic acids is 1. The molecule has 2 aliphatic heterocycles. The molecule has 160 valence electrons. The Morgan fingerprint density at radius 1 is 1.17 bits per heavy atom. The molecular formula is C25H33N3O2. The predicted molar refractivity (Wildman–Crippen MR) is 118 cm³/mol. The van der Waals surface area contributed by atoms with E-state index in [4.69, 9.17) is 4.74 Å². The van der Waals surface area contributed by atoms with Crippen LogP contribution in [0.5, 0.6) is 0 Å². The minimum atomic E-state index is -0.0833. The third-order valence-corrected chi connectivity index (χ3v) is 6.65. The van der Waals surface area contributed by atoms with Gasteiger partial charge in [0.05, 0.1) is 5.60 Å². The number of hydrogen-bond donors (Lipinski definition) is 1. The van der Waals surface area contributed by atoms with Gasteiger partial charge in [0.25, 0.3) is 5.91 Å². The highest BCUT2D eigenvalue weighted by atomic mass is 16.5. The van der Waals surface area contributed by atoms with Crippen molar-refractivity contribution in [3.63, 3.8) is 0 Å². The van der Waals surface area contributed by atoms with E-state index in [2.05, 4.69) is 46.4 Å². The van der Waals surface area contributed by atoms with Crippen molar-refractivity contribution in [1.29, 1.82) is 0 Å². The lowest BCUT2D eigenvalue weighted by molar-refractivity contribution is -0.127. The van der Waals surface area contributed by atoms with E-state index >= 15 is 0 Å². The first-order valence-corrected chi connectivity index (χ1v) is 11.3. The lowest BCUT2D eigenvalue weighted by atomic mass is 9.79. The maximum atomic E-state index is 12.3. The lowest BCUT2D eigenvalue weighted by Crippen LogP contribution is -2.50. The molecule has 0 radical (unpaired) electrons. The molecule has 2 aliphatic rings. The molecule has 30 heavy (non-hydrogen) atoms. The third kappa shape index (κ3) is 5.27. The Kier molecular flexibility index (Phi) is 6.80. The number of benzene rings is 1. The fraction of sp³-hybridized carbons (Fsp3) is 0.520. The molecule has 0 bridgehead atoms. The average molecular weight is 408 g/mol. The van der Waals surface area contributed by atoms with Crippen LogP contribution in [0.2, 0.25) is 0 Å². The summed E-state index contributed by atoms with van der Waals surface area (Å²) in [5, 5.41) is 3.07. The minimum Gasteiger partial charge on any atom is -0.375 e. The number of likely N-dealkylation sites (tertiary alicyclic amines) is 1. The Bertz CT molecular complexity index is 814. The number of nitrogens with zero attached hydrogens (tertiary/aromatic N) is 2. The molecule has 2 fully saturated rings. The molecule has 5 heteroatoms. The van der Waals surface area contributed by atoms with E-state index in [0.29, 0.717) is 18.2 Å². The van der Waals surface area contributed by atoms with Crippen LogP contribution < -0.4 is 5.32 Å². The van der Waals surface area contributed by atoms with E-state index in [0.717, 1.165) is 58.3 Å². The van der Waals surface area contributed by atoms with Crippen molar-refractivity contribution >= 4 is 5.91 Å². The first-order valence-electron chi connectivity index (χ1n) is 11.3. The number of nitrogens with one attached hydrogen (secondary N) is 1. The highest BCUT2D eigenvalue weighted by Crippen LogP contribution is 2.37. The largest absolute Gasteiger partial charge is 0.375 e. The molecule has 0 aliphatic carbocycles. The number of rotatable bonds is 6. The molecule has 1 unspecified atom stereocenters. The number of hydrogen-bond acceptors (Lipinski definition) is 4. The van der Waals surface area contributed by atoms with Crippen molar-refractivity contribution in [2.24, 2.45) is 5.92 Å². The highest BCUT2D eigenvalue weighted by molar-refractivity contribution is 5.92. The maximum Gasteiger partial charge on any atom is 0.269 e. The molecule has 1 N–H and O–H groups in total. The van der Waals surface area contributed by atoms with Crippen molar-refractivity contribution in [1.82, 2.24) is 15.2 Å². The molecular weight excluding hydrogens is 374 g/mol. The van der Waals surface area contributed by atoms with Crippen molar-refractivity contribution in [3.8, 4) is 0 Å². The average Bonchev–Trinajstić information content (AvgIpc) is 2.80. The van der Waals surface area contributed by atoms with Gasteiger partial charge in [0.15, 0.2) is 0 Å². The normalized spacial score (nSPS) is 21.4. The van der Waals surface area contributed by atoms with Crippen LogP contribution in [0.4, 0.5) is 0 Å². The summed E-state index contributed by atoms with van der Waals surface area (Å²) in [6.07, 6.45) is 6.94. The van der Waals surface area contributed by atoms with Crippen molar-refractivity contribution in [3.05, 3.63) is 65.5 Å². The Morgan fingerprint density at radius 3 is 2.63 bits per heavy atom. The van der Waals surface area contributed by atoms with Gasteiger partial charge in [-0.1, -0.05) is 37.3 Å². The van der Waals surface area contributed by atoms with E-state index in [9.17, 15) is 4.79 Å². The van der Waals surface area contributed by atoms with Crippen LogP contribution in [-0.2, 0) is 17.7 Å². The molecule has 1 aromatic carbocycles. The number of piperidine rings is 1. The predicted octanol–water partition coefficient (Wildman–Crippen LogP) is 3.84. The van der Waals surface area contributed by atoms with Gasteiger partial charge in [0.2, 0.25) is 0 Å². The van der Waals surface area contributed by atoms with Crippen LogP contribution in [0.15, 0.2) is 48.7 Å². The first kappa shape index (κ1) is 21.0. The van der Waals surface area contributed by atoms with Crippen molar-refractivity contribution < 1.29 is 9.53 Å². The molecule has 3 heterocycles. The molecule has 1 amide bonds. The number of pyridine rings is 1. The molecule has 0 saturated carbocycles. The summed E-state index contributed by atoms with van der Waals surface area (Å²) in [5.74, 6) is 0.389. The Balaban J connectivity index is 1.25. The quantitative estimate of drug-likeness (QED) is 0.791. The van der Waals surface area contributed by atoms with E-state index in [1.807, 2.05) is 12.1 Å². The van der Waals surface area contributed by atoms with E-state index < -0.39 is 0 Å². The minimum absolute atomic E-state index is 0.0127. The van der Waals surface area contributed by atoms with Gasteiger partial charge in [-0.25, -0.2) is 0 Å². The van der Waals surface area contributed by atoms with Gasteiger partial charge >= 0.3 is 0 Å². The van der Waals surface area contributed by atoms with Gasteiger partial charge in [0, 0.05) is 39.0 Å². The smallest absolute Gasteiger partial charge is 0.269 e. The van der Waals surface area contributed by atoms with Crippen LogP contribution in [0, 0.1) is 5.92 Å². The Labute approximate surface area is 179 Å². The summed E-state index contributed by atoms with van der Waals surface area (Å²) >= 11 is 0. The summed E-state index contributed by atoms with van der Waals surface area (Å²) in [5.41, 5.74) is 3.26. The van der Waals surface area contributed by atoms with Gasteiger partial charge in [-0.3, -0.25) is 14.7 Å². The molecule has 2 aromatic rings. The van der Waals surface area contributed by atoms with Crippen molar-refractivity contribution in [2.75, 3.05) is 26.2 Å². The van der Waals surface area contributed by atoms with Gasteiger partial charge in [-0.2, -0.15) is 0 Å². The van der Waals surface area contributed by atoms with E-state index in [1.54, 1.807) is 12.3 Å². The maximum absolute atomic E-state index is 12.3. The van der Waals surface area contributed by atoms with E-state index in [-0.39, 0.29) is 11.5 Å². The molecule has 4 rings (SSSR count). The summed E-state index contributed by atoms with van der Waals surface area (Å²) in [7, 11) is 0. The summed E-state index contributed by atoms with van der Waals surface area (Å²) in [6.45, 7) is 6.85. The Hall–Kier alpha value is -2.24. The number of aryl methyl sites for hydroxylation is 1. The number of aromatic nitrogens is 1. The molecule has 1 atom stereocenters.